The van der Waals surface area contributed by atoms with Gasteiger partial charge in [-0.1, -0.05) is 38.7 Å². The number of benzene rings is 1. The molecular formula is C17H29NO2. The van der Waals surface area contributed by atoms with Crippen molar-refractivity contribution in [1.29, 1.82) is 0 Å². The highest BCUT2D eigenvalue weighted by Crippen LogP contribution is 2.21. The van der Waals surface area contributed by atoms with Gasteiger partial charge < -0.3 is 14.8 Å². The monoisotopic (exact) mass is 279 g/mol. The lowest BCUT2D eigenvalue weighted by Crippen LogP contribution is -2.06. The second-order valence-corrected chi connectivity index (χ2v) is 5.14. The van der Waals surface area contributed by atoms with Crippen LogP contribution in [0.3, 0.4) is 0 Å². The highest BCUT2D eigenvalue weighted by molar-refractivity contribution is 5.36. The minimum atomic E-state index is 0.633. The van der Waals surface area contributed by atoms with E-state index < -0.39 is 0 Å². The first-order valence-electron chi connectivity index (χ1n) is 7.70. The second kappa shape index (κ2) is 10.7. The van der Waals surface area contributed by atoms with E-state index in [2.05, 4.69) is 24.4 Å². The molecule has 0 aliphatic carbocycles. The summed E-state index contributed by atoms with van der Waals surface area (Å²) in [4.78, 5) is 0. The van der Waals surface area contributed by atoms with E-state index in [0.29, 0.717) is 6.61 Å². The van der Waals surface area contributed by atoms with E-state index in [0.717, 1.165) is 30.9 Å². The van der Waals surface area contributed by atoms with Crippen LogP contribution in [0.2, 0.25) is 0 Å². The van der Waals surface area contributed by atoms with Gasteiger partial charge in [0, 0.05) is 18.7 Å². The van der Waals surface area contributed by atoms with Crippen LogP contribution in [-0.2, 0) is 17.9 Å². The topological polar surface area (TPSA) is 30.5 Å². The molecule has 0 aromatic heterocycles. The second-order valence-electron chi connectivity index (χ2n) is 5.14. The number of rotatable bonds is 11. The van der Waals surface area contributed by atoms with Crippen LogP contribution in [0.25, 0.3) is 0 Å². The zero-order chi connectivity index (χ0) is 14.6. The quantitative estimate of drug-likeness (QED) is 0.623. The predicted molar refractivity (Wildman–Crippen MR) is 84.2 cm³/mol. The first-order valence-corrected chi connectivity index (χ1v) is 7.70. The summed E-state index contributed by atoms with van der Waals surface area (Å²) in [5.41, 5.74) is 2.39. The number of hydrogen-bond acceptors (Lipinski definition) is 3. The minimum Gasteiger partial charge on any atom is -0.496 e. The molecule has 0 fully saturated rings. The molecule has 0 saturated heterocycles. The highest BCUT2D eigenvalue weighted by Gasteiger charge is 2.04. The molecule has 0 radical (unpaired) electrons. The van der Waals surface area contributed by atoms with Crippen molar-refractivity contribution in [3.8, 4) is 5.75 Å². The van der Waals surface area contributed by atoms with E-state index in [1.807, 2.05) is 13.1 Å². The maximum Gasteiger partial charge on any atom is 0.124 e. The zero-order valence-corrected chi connectivity index (χ0v) is 13.2. The molecule has 0 amide bonds. The van der Waals surface area contributed by atoms with Crippen molar-refractivity contribution in [3.05, 3.63) is 29.3 Å². The minimum absolute atomic E-state index is 0.633. The molecule has 20 heavy (non-hydrogen) atoms. The van der Waals surface area contributed by atoms with E-state index in [1.54, 1.807) is 7.11 Å². The molecule has 3 nitrogen and oxygen atoms in total. The van der Waals surface area contributed by atoms with Crippen molar-refractivity contribution in [2.45, 2.75) is 52.2 Å². The van der Waals surface area contributed by atoms with Crippen LogP contribution in [-0.4, -0.2) is 20.8 Å². The maximum absolute atomic E-state index is 5.78. The standard InChI is InChI=1S/C17H29NO2/c1-4-5-6-7-8-11-20-14-16-12-15(13-18-2)9-10-17(16)19-3/h9-10,12,18H,4-8,11,13-14H2,1-3H3. The van der Waals surface area contributed by atoms with Crippen LogP contribution in [0.5, 0.6) is 5.75 Å². The molecule has 1 rings (SSSR count). The fourth-order valence-corrected chi connectivity index (χ4v) is 2.25. The average Bonchev–Trinajstić information content (AvgIpc) is 2.47. The van der Waals surface area contributed by atoms with Crippen molar-refractivity contribution in [1.82, 2.24) is 5.32 Å². The molecule has 0 aliphatic rings. The van der Waals surface area contributed by atoms with Gasteiger partial charge in [0.25, 0.3) is 0 Å². The highest BCUT2D eigenvalue weighted by atomic mass is 16.5. The third-order valence-corrected chi connectivity index (χ3v) is 3.38. The fraction of sp³-hybridized carbons (Fsp3) is 0.647. The van der Waals surface area contributed by atoms with Gasteiger partial charge in [-0.2, -0.15) is 0 Å². The van der Waals surface area contributed by atoms with Crippen LogP contribution in [0.15, 0.2) is 18.2 Å². The lowest BCUT2D eigenvalue weighted by atomic mass is 10.1. The molecule has 1 aromatic carbocycles. The lowest BCUT2D eigenvalue weighted by Gasteiger charge is -2.11. The Morgan fingerprint density at radius 1 is 1.10 bits per heavy atom. The summed E-state index contributed by atoms with van der Waals surface area (Å²) in [6, 6.07) is 6.27. The molecule has 0 bridgehead atoms. The SMILES string of the molecule is CCCCCCCOCc1cc(CNC)ccc1OC. The van der Waals surface area contributed by atoms with Gasteiger partial charge >= 0.3 is 0 Å². The largest absolute Gasteiger partial charge is 0.496 e. The van der Waals surface area contributed by atoms with E-state index in [-0.39, 0.29) is 0 Å². The number of ether oxygens (including phenoxy) is 2. The van der Waals surface area contributed by atoms with Crippen molar-refractivity contribution in [2.75, 3.05) is 20.8 Å². The van der Waals surface area contributed by atoms with Crippen LogP contribution in [0, 0.1) is 0 Å². The van der Waals surface area contributed by atoms with Crippen LogP contribution < -0.4 is 10.1 Å². The van der Waals surface area contributed by atoms with E-state index >= 15 is 0 Å². The Bertz CT molecular complexity index is 366. The Hall–Kier alpha value is -1.06. The Morgan fingerprint density at radius 2 is 1.90 bits per heavy atom. The molecule has 1 N–H and O–H groups in total. The summed E-state index contributed by atoms with van der Waals surface area (Å²) in [5, 5.41) is 3.16. The fourth-order valence-electron chi connectivity index (χ4n) is 2.25. The molecule has 0 unspecified atom stereocenters. The van der Waals surface area contributed by atoms with Gasteiger partial charge in [-0.05, 0) is 31.2 Å². The molecule has 0 heterocycles. The van der Waals surface area contributed by atoms with Gasteiger partial charge in [0.2, 0.25) is 0 Å². The van der Waals surface area contributed by atoms with Gasteiger partial charge in [0.15, 0.2) is 0 Å². The van der Waals surface area contributed by atoms with Gasteiger partial charge in [-0.3, -0.25) is 0 Å². The molecule has 0 spiro atoms. The maximum atomic E-state index is 5.78. The van der Waals surface area contributed by atoms with Crippen molar-refractivity contribution < 1.29 is 9.47 Å². The van der Waals surface area contributed by atoms with Gasteiger partial charge in [-0.25, -0.2) is 0 Å². The van der Waals surface area contributed by atoms with E-state index in [9.17, 15) is 0 Å². The Morgan fingerprint density at radius 3 is 2.60 bits per heavy atom. The summed E-state index contributed by atoms with van der Waals surface area (Å²) in [6.07, 6.45) is 6.36. The molecule has 3 heteroatoms. The van der Waals surface area contributed by atoms with Gasteiger partial charge in [0.05, 0.1) is 13.7 Å². The van der Waals surface area contributed by atoms with E-state index in [1.165, 1.54) is 31.2 Å². The summed E-state index contributed by atoms with van der Waals surface area (Å²) in [7, 11) is 3.66. The van der Waals surface area contributed by atoms with Crippen molar-refractivity contribution in [2.24, 2.45) is 0 Å². The Kier molecular flexibility index (Phi) is 9.09. The molecule has 114 valence electrons. The van der Waals surface area contributed by atoms with E-state index in [4.69, 9.17) is 9.47 Å². The summed E-state index contributed by atoms with van der Waals surface area (Å²) in [5.74, 6) is 0.913. The summed E-state index contributed by atoms with van der Waals surface area (Å²) in [6.45, 7) is 4.58. The van der Waals surface area contributed by atoms with Gasteiger partial charge in [-0.15, -0.1) is 0 Å². The molecule has 1 aromatic rings. The lowest BCUT2D eigenvalue weighted by molar-refractivity contribution is 0.115. The third-order valence-electron chi connectivity index (χ3n) is 3.38. The first kappa shape index (κ1) is 17.0. The number of unbranched alkanes of at least 4 members (excludes halogenated alkanes) is 4. The zero-order valence-electron chi connectivity index (χ0n) is 13.2. The number of hydrogen-bond donors (Lipinski definition) is 1. The molecule has 0 atom stereocenters. The Labute approximate surface area is 123 Å². The third kappa shape index (κ3) is 6.40. The summed E-state index contributed by atoms with van der Waals surface area (Å²) < 4.78 is 11.2. The smallest absolute Gasteiger partial charge is 0.124 e. The van der Waals surface area contributed by atoms with Crippen LogP contribution in [0.4, 0.5) is 0 Å². The van der Waals surface area contributed by atoms with Crippen LogP contribution >= 0.6 is 0 Å². The van der Waals surface area contributed by atoms with Gasteiger partial charge in [0.1, 0.15) is 5.75 Å². The van der Waals surface area contributed by atoms with Crippen LogP contribution in [0.1, 0.15) is 50.2 Å². The molecule has 0 saturated carbocycles. The molecule has 0 aliphatic heterocycles. The van der Waals surface area contributed by atoms with Crippen molar-refractivity contribution in [3.63, 3.8) is 0 Å². The normalized spacial score (nSPS) is 10.8. The predicted octanol–water partition coefficient (Wildman–Crippen LogP) is 3.90. The van der Waals surface area contributed by atoms with Crippen molar-refractivity contribution >= 4 is 0 Å². The summed E-state index contributed by atoms with van der Waals surface area (Å²) >= 11 is 0. The average molecular weight is 279 g/mol. The number of nitrogens with one attached hydrogen (secondary N) is 1. The first-order chi connectivity index (χ1) is 9.81. The molecular weight excluding hydrogens is 250 g/mol. The number of methoxy groups -OCH3 is 1. The Balaban J connectivity index is 2.35.